The molecule has 2 aliphatic rings. The third-order valence-electron chi connectivity index (χ3n) is 5.40. The first kappa shape index (κ1) is 17.6. The molecule has 1 aromatic carbocycles. The minimum Gasteiger partial charge on any atom is -0.455 e. The fourth-order valence-corrected chi connectivity index (χ4v) is 4.03. The number of amides is 1. The Balaban J connectivity index is 1.46. The quantitative estimate of drug-likeness (QED) is 0.835. The van der Waals surface area contributed by atoms with Crippen molar-refractivity contribution in [3.63, 3.8) is 0 Å². The van der Waals surface area contributed by atoms with Crippen LogP contribution in [0.25, 0.3) is 0 Å². The molecule has 0 saturated heterocycles. The van der Waals surface area contributed by atoms with Crippen molar-refractivity contribution in [2.45, 2.75) is 45.1 Å². The van der Waals surface area contributed by atoms with E-state index in [0.29, 0.717) is 18.6 Å². The molecule has 5 nitrogen and oxygen atoms in total. The van der Waals surface area contributed by atoms with Gasteiger partial charge >= 0.3 is 5.97 Å². The number of benzene rings is 1. The van der Waals surface area contributed by atoms with Crippen LogP contribution in [-0.4, -0.2) is 24.3 Å². The molecule has 134 valence electrons. The maximum absolute atomic E-state index is 12.3. The number of esters is 1. The summed E-state index contributed by atoms with van der Waals surface area (Å²) < 4.78 is 5.22. The summed E-state index contributed by atoms with van der Waals surface area (Å²) >= 11 is 0. The van der Waals surface area contributed by atoms with E-state index in [1.54, 1.807) is 0 Å². The van der Waals surface area contributed by atoms with Gasteiger partial charge in [0.1, 0.15) is 5.78 Å². The predicted molar refractivity (Wildman–Crippen MR) is 92.5 cm³/mol. The van der Waals surface area contributed by atoms with Crippen molar-refractivity contribution in [1.29, 1.82) is 0 Å². The molecule has 0 aromatic heterocycles. The van der Waals surface area contributed by atoms with E-state index in [0.717, 1.165) is 24.8 Å². The van der Waals surface area contributed by atoms with Gasteiger partial charge in [0, 0.05) is 11.8 Å². The largest absolute Gasteiger partial charge is 0.455 e. The van der Waals surface area contributed by atoms with Crippen molar-refractivity contribution in [2.24, 2.45) is 17.8 Å². The van der Waals surface area contributed by atoms with Gasteiger partial charge < -0.3 is 10.1 Å². The predicted octanol–water partition coefficient (Wildman–Crippen LogP) is 2.80. The van der Waals surface area contributed by atoms with E-state index >= 15 is 0 Å². The van der Waals surface area contributed by atoms with Crippen LogP contribution in [-0.2, 0) is 19.1 Å². The summed E-state index contributed by atoms with van der Waals surface area (Å²) in [6, 6.07) is 9.49. The van der Waals surface area contributed by atoms with Crippen molar-refractivity contribution >= 4 is 17.7 Å². The molecule has 5 heteroatoms. The first-order valence-corrected chi connectivity index (χ1v) is 9.09. The Morgan fingerprint density at radius 3 is 2.44 bits per heavy atom. The lowest BCUT2D eigenvalue weighted by Gasteiger charge is -2.36. The third-order valence-corrected chi connectivity index (χ3v) is 5.40. The van der Waals surface area contributed by atoms with Crippen molar-refractivity contribution in [3.8, 4) is 0 Å². The average Bonchev–Trinajstić information content (AvgIpc) is 2.60. The zero-order chi connectivity index (χ0) is 17.8. The molecular formula is C20H25NO4. The molecule has 0 aliphatic heterocycles. The number of ketones is 1. The van der Waals surface area contributed by atoms with Gasteiger partial charge in [-0.05, 0) is 38.2 Å². The van der Waals surface area contributed by atoms with E-state index in [1.165, 1.54) is 0 Å². The lowest BCUT2D eigenvalue weighted by molar-refractivity contribution is -0.156. The molecule has 4 atom stereocenters. The van der Waals surface area contributed by atoms with Crippen LogP contribution in [0.3, 0.4) is 0 Å². The van der Waals surface area contributed by atoms with E-state index < -0.39 is 0 Å². The summed E-state index contributed by atoms with van der Waals surface area (Å²) in [6.45, 7) is 1.62. The molecule has 3 rings (SSSR count). The molecule has 2 fully saturated rings. The van der Waals surface area contributed by atoms with Crippen LogP contribution in [0.2, 0.25) is 0 Å². The molecule has 2 bridgehead atoms. The van der Waals surface area contributed by atoms with Gasteiger partial charge in [-0.25, -0.2) is 0 Å². The van der Waals surface area contributed by atoms with Crippen molar-refractivity contribution in [3.05, 3.63) is 35.9 Å². The smallest absolute Gasteiger partial charge is 0.309 e. The van der Waals surface area contributed by atoms with Crippen LogP contribution in [0.5, 0.6) is 0 Å². The van der Waals surface area contributed by atoms with Crippen molar-refractivity contribution in [2.75, 3.05) is 6.61 Å². The Labute approximate surface area is 148 Å². The van der Waals surface area contributed by atoms with Gasteiger partial charge in [0.15, 0.2) is 6.61 Å². The Kier molecular flexibility index (Phi) is 5.51. The van der Waals surface area contributed by atoms with Crippen LogP contribution in [0.1, 0.15) is 50.6 Å². The molecule has 0 spiro atoms. The summed E-state index contributed by atoms with van der Waals surface area (Å²) in [4.78, 5) is 36.4. The second-order valence-electron chi connectivity index (χ2n) is 7.20. The Morgan fingerprint density at radius 1 is 1.16 bits per heavy atom. The number of rotatable bonds is 5. The van der Waals surface area contributed by atoms with Crippen LogP contribution >= 0.6 is 0 Å². The molecule has 1 N–H and O–H groups in total. The van der Waals surface area contributed by atoms with Crippen LogP contribution in [0, 0.1) is 17.8 Å². The maximum atomic E-state index is 12.3. The zero-order valence-corrected chi connectivity index (χ0v) is 14.6. The van der Waals surface area contributed by atoms with Crippen LogP contribution < -0.4 is 5.32 Å². The Morgan fingerprint density at radius 2 is 1.80 bits per heavy atom. The molecule has 1 unspecified atom stereocenters. The molecule has 2 saturated carbocycles. The molecule has 1 aromatic rings. The van der Waals surface area contributed by atoms with Gasteiger partial charge in [0.25, 0.3) is 5.91 Å². The van der Waals surface area contributed by atoms with Gasteiger partial charge in [0.2, 0.25) is 0 Å². The van der Waals surface area contributed by atoms with Gasteiger partial charge in [0.05, 0.1) is 12.0 Å². The van der Waals surface area contributed by atoms with E-state index in [4.69, 9.17) is 4.74 Å². The lowest BCUT2D eigenvalue weighted by Crippen LogP contribution is -2.40. The van der Waals surface area contributed by atoms with E-state index in [2.05, 4.69) is 5.32 Å². The highest BCUT2D eigenvalue weighted by molar-refractivity contribution is 5.88. The third kappa shape index (κ3) is 4.27. The summed E-state index contributed by atoms with van der Waals surface area (Å²) in [5.41, 5.74) is 1.00. The molecular weight excluding hydrogens is 318 g/mol. The number of ether oxygens (including phenoxy) is 1. The maximum Gasteiger partial charge on any atom is 0.309 e. The molecule has 25 heavy (non-hydrogen) atoms. The molecule has 2 aliphatic carbocycles. The van der Waals surface area contributed by atoms with Crippen molar-refractivity contribution in [1.82, 2.24) is 5.32 Å². The van der Waals surface area contributed by atoms with E-state index in [1.807, 2.05) is 37.3 Å². The van der Waals surface area contributed by atoms with Gasteiger partial charge in [-0.3, -0.25) is 14.4 Å². The molecule has 0 radical (unpaired) electrons. The second-order valence-corrected chi connectivity index (χ2v) is 7.20. The SMILES string of the molecule is C[C@H](NC(=O)COC(=O)C1C[C@H]2CCC[C@@H](C1)C2=O)c1ccccc1. The number of fused-ring (bicyclic) bond motifs is 2. The number of hydrogen-bond acceptors (Lipinski definition) is 4. The Bertz CT molecular complexity index is 626. The standard InChI is InChI=1S/C20H25NO4/c1-13(14-6-3-2-4-7-14)21-18(22)12-25-20(24)17-10-15-8-5-9-16(11-17)19(15)23/h2-4,6-7,13,15-17H,5,8-12H2,1H3,(H,21,22)/t13-,15-,16+,17?/m0/s1. The van der Waals surface area contributed by atoms with E-state index in [-0.39, 0.29) is 42.3 Å². The first-order valence-electron chi connectivity index (χ1n) is 9.09. The minimum atomic E-state index is -0.341. The van der Waals surface area contributed by atoms with Crippen LogP contribution in [0.4, 0.5) is 0 Å². The fourth-order valence-electron chi connectivity index (χ4n) is 4.03. The summed E-state index contributed by atoms with van der Waals surface area (Å²) in [5, 5.41) is 2.83. The van der Waals surface area contributed by atoms with Crippen molar-refractivity contribution < 1.29 is 19.1 Å². The number of carbonyl (C=O) groups is 3. The van der Waals surface area contributed by atoms with Gasteiger partial charge in [-0.2, -0.15) is 0 Å². The minimum absolute atomic E-state index is 0.0111. The van der Waals surface area contributed by atoms with Crippen LogP contribution in [0.15, 0.2) is 30.3 Å². The summed E-state index contributed by atoms with van der Waals surface area (Å²) in [5.74, 6) is -0.547. The summed E-state index contributed by atoms with van der Waals surface area (Å²) in [6.07, 6.45) is 4.00. The number of nitrogens with one attached hydrogen (secondary N) is 1. The highest BCUT2D eigenvalue weighted by Crippen LogP contribution is 2.40. The molecule has 0 heterocycles. The average molecular weight is 343 g/mol. The monoisotopic (exact) mass is 343 g/mol. The topological polar surface area (TPSA) is 72.5 Å². The van der Waals surface area contributed by atoms with E-state index in [9.17, 15) is 14.4 Å². The fraction of sp³-hybridized carbons (Fsp3) is 0.550. The number of Topliss-reactive ketones (excluding diaryl/α,β-unsaturated/α-hetero) is 1. The zero-order valence-electron chi connectivity index (χ0n) is 14.6. The lowest BCUT2D eigenvalue weighted by atomic mass is 9.67. The van der Waals surface area contributed by atoms with Gasteiger partial charge in [-0.1, -0.05) is 36.8 Å². The highest BCUT2D eigenvalue weighted by Gasteiger charge is 2.41. The normalized spacial score (nSPS) is 26.6. The summed E-state index contributed by atoms with van der Waals surface area (Å²) in [7, 11) is 0. The van der Waals surface area contributed by atoms with Gasteiger partial charge in [-0.15, -0.1) is 0 Å². The second kappa shape index (κ2) is 7.81. The highest BCUT2D eigenvalue weighted by atomic mass is 16.5. The first-order chi connectivity index (χ1) is 12.0. The number of hydrogen-bond donors (Lipinski definition) is 1. The molecule has 1 amide bonds. The Hall–Kier alpha value is -2.17. The number of carbonyl (C=O) groups excluding carboxylic acids is 3.